The van der Waals surface area contributed by atoms with Crippen molar-refractivity contribution in [1.29, 1.82) is 0 Å². The summed E-state index contributed by atoms with van der Waals surface area (Å²) in [4.78, 5) is 3.12. The Kier molecular flexibility index (Phi) is 2.29. The first kappa shape index (κ1) is 11.1. The normalized spacial score (nSPS) is 19.3. The Balaban J connectivity index is 2.80. The minimum atomic E-state index is -1.11. The van der Waals surface area contributed by atoms with Gasteiger partial charge in [0.15, 0.2) is 17.5 Å². The number of hydrogen-bond donors (Lipinski definition) is 0. The second kappa shape index (κ2) is 3.30. The van der Waals surface area contributed by atoms with Gasteiger partial charge >= 0.3 is 0 Å². The lowest BCUT2D eigenvalue weighted by Gasteiger charge is -2.23. The van der Waals surface area contributed by atoms with E-state index in [-0.39, 0.29) is 23.1 Å². The molecule has 5 heteroatoms. The van der Waals surface area contributed by atoms with Crippen LogP contribution in [0.5, 0.6) is 0 Å². The Labute approximate surface area is 92.3 Å². The largest absolute Gasteiger partial charge is 0.350 e. The summed E-state index contributed by atoms with van der Waals surface area (Å²) >= 11 is 0. The summed E-state index contributed by atoms with van der Waals surface area (Å²) in [5, 5.41) is 0. The molecule has 1 heterocycles. The van der Waals surface area contributed by atoms with E-state index >= 15 is 0 Å². The summed E-state index contributed by atoms with van der Waals surface area (Å²) in [6.45, 7) is 3.04. The van der Waals surface area contributed by atoms with Crippen LogP contribution in [0.4, 0.5) is 24.5 Å². The second-order valence-electron chi connectivity index (χ2n) is 4.12. The van der Waals surface area contributed by atoms with Crippen LogP contribution in [0.15, 0.2) is 0 Å². The Morgan fingerprint density at radius 3 is 1.81 bits per heavy atom. The topological polar surface area (TPSA) is 6.48 Å². The average molecular weight is 230 g/mol. The predicted octanol–water partition coefficient (Wildman–Crippen LogP) is 2.64. The molecule has 16 heavy (non-hydrogen) atoms. The van der Waals surface area contributed by atoms with Gasteiger partial charge in [0.25, 0.3) is 0 Å². The van der Waals surface area contributed by atoms with Gasteiger partial charge in [-0.3, -0.25) is 0 Å². The Morgan fingerprint density at radius 2 is 1.31 bits per heavy atom. The molecule has 0 saturated carbocycles. The Bertz CT molecular complexity index is 418. The van der Waals surface area contributed by atoms with Crippen LogP contribution in [0.1, 0.15) is 12.5 Å². The number of rotatable bonds is 0. The van der Waals surface area contributed by atoms with E-state index in [0.29, 0.717) is 0 Å². The highest BCUT2D eigenvalue weighted by atomic mass is 19.2. The van der Waals surface area contributed by atoms with Gasteiger partial charge < -0.3 is 9.80 Å². The number of fused-ring (bicyclic) bond motifs is 1. The number of nitrogens with zero attached hydrogens (tertiary/aromatic N) is 2. The van der Waals surface area contributed by atoms with Gasteiger partial charge in [-0.15, -0.1) is 0 Å². The number of hydrogen-bond acceptors (Lipinski definition) is 2. The molecule has 0 N–H and O–H groups in total. The standard InChI is InChI=1S/C11H13F3N2/c1-5-7(12)9(14)11-10(8(5)13)15(3)6(2)16(11)4/h6H,1-4H3. The van der Waals surface area contributed by atoms with Gasteiger partial charge in [-0.2, -0.15) is 0 Å². The van der Waals surface area contributed by atoms with Crippen molar-refractivity contribution >= 4 is 11.4 Å². The third-order valence-corrected chi connectivity index (χ3v) is 3.32. The smallest absolute Gasteiger partial charge is 0.184 e. The van der Waals surface area contributed by atoms with Gasteiger partial charge in [-0.25, -0.2) is 13.2 Å². The summed E-state index contributed by atoms with van der Waals surface area (Å²) < 4.78 is 41.0. The van der Waals surface area contributed by atoms with Crippen LogP contribution in [0.2, 0.25) is 0 Å². The first-order valence-corrected chi connectivity index (χ1v) is 5.00. The summed E-state index contributed by atoms with van der Waals surface area (Å²) in [5.74, 6) is -2.77. The summed E-state index contributed by atoms with van der Waals surface area (Å²) in [5.41, 5.74) is -0.146. The van der Waals surface area contributed by atoms with Crippen molar-refractivity contribution in [2.24, 2.45) is 0 Å². The minimum absolute atomic E-state index is 0.00407. The van der Waals surface area contributed by atoms with Gasteiger partial charge in [-0.05, 0) is 13.8 Å². The van der Waals surface area contributed by atoms with Gasteiger partial charge in [0, 0.05) is 19.7 Å². The first-order valence-electron chi connectivity index (χ1n) is 5.00. The van der Waals surface area contributed by atoms with Crippen molar-refractivity contribution in [3.8, 4) is 0 Å². The SMILES string of the molecule is Cc1c(F)c(F)c2c(c1F)N(C)C(C)N2C. The lowest BCUT2D eigenvalue weighted by Crippen LogP contribution is -2.36. The maximum atomic E-state index is 13.9. The quantitative estimate of drug-likeness (QED) is 0.632. The van der Waals surface area contributed by atoms with E-state index in [1.165, 1.54) is 11.8 Å². The van der Waals surface area contributed by atoms with E-state index in [1.54, 1.807) is 25.9 Å². The summed E-state index contributed by atoms with van der Waals surface area (Å²) in [6, 6.07) is 0. The van der Waals surface area contributed by atoms with Crippen LogP contribution in [0, 0.1) is 24.4 Å². The Hall–Kier alpha value is -1.39. The first-order chi connectivity index (χ1) is 7.37. The van der Waals surface area contributed by atoms with Crippen molar-refractivity contribution in [2.45, 2.75) is 20.0 Å². The van der Waals surface area contributed by atoms with Crippen molar-refractivity contribution in [3.63, 3.8) is 0 Å². The molecule has 1 aliphatic rings. The molecule has 1 unspecified atom stereocenters. The molecule has 88 valence electrons. The molecule has 1 aromatic carbocycles. The fraction of sp³-hybridized carbons (Fsp3) is 0.455. The van der Waals surface area contributed by atoms with Gasteiger partial charge in [-0.1, -0.05) is 0 Å². The molecule has 0 aliphatic carbocycles. The van der Waals surface area contributed by atoms with Crippen molar-refractivity contribution in [1.82, 2.24) is 0 Å². The molecular formula is C11H13F3N2. The number of anilines is 2. The summed E-state index contributed by atoms with van der Waals surface area (Å²) in [7, 11) is 3.27. The van der Waals surface area contributed by atoms with E-state index < -0.39 is 17.5 Å². The monoisotopic (exact) mass is 230 g/mol. The van der Waals surface area contributed by atoms with E-state index in [2.05, 4.69) is 0 Å². The van der Waals surface area contributed by atoms with Crippen LogP contribution in [-0.4, -0.2) is 20.3 Å². The molecule has 0 saturated heterocycles. The Morgan fingerprint density at radius 1 is 0.875 bits per heavy atom. The molecular weight excluding hydrogens is 217 g/mol. The molecule has 0 spiro atoms. The molecule has 0 fully saturated rings. The molecule has 2 rings (SSSR count). The second-order valence-corrected chi connectivity index (χ2v) is 4.12. The molecule has 0 radical (unpaired) electrons. The minimum Gasteiger partial charge on any atom is -0.350 e. The fourth-order valence-electron chi connectivity index (χ4n) is 2.03. The molecule has 2 nitrogen and oxygen atoms in total. The zero-order valence-electron chi connectivity index (χ0n) is 9.61. The number of benzene rings is 1. The molecule has 0 bridgehead atoms. The van der Waals surface area contributed by atoms with E-state index in [4.69, 9.17) is 0 Å². The van der Waals surface area contributed by atoms with Crippen molar-refractivity contribution < 1.29 is 13.2 Å². The molecule has 1 aliphatic heterocycles. The highest BCUT2D eigenvalue weighted by molar-refractivity contribution is 5.79. The average Bonchev–Trinajstić information content (AvgIpc) is 2.48. The van der Waals surface area contributed by atoms with Gasteiger partial charge in [0.05, 0.1) is 6.17 Å². The zero-order chi connectivity index (χ0) is 12.2. The lowest BCUT2D eigenvalue weighted by molar-refractivity contribution is 0.489. The highest BCUT2D eigenvalue weighted by Crippen LogP contribution is 2.43. The van der Waals surface area contributed by atoms with Gasteiger partial charge in [0.2, 0.25) is 0 Å². The van der Waals surface area contributed by atoms with Crippen LogP contribution in [0.3, 0.4) is 0 Å². The zero-order valence-corrected chi connectivity index (χ0v) is 9.61. The van der Waals surface area contributed by atoms with Crippen LogP contribution < -0.4 is 9.80 Å². The molecule has 0 amide bonds. The lowest BCUT2D eigenvalue weighted by atomic mass is 10.1. The van der Waals surface area contributed by atoms with E-state index in [1.807, 2.05) is 0 Å². The van der Waals surface area contributed by atoms with Gasteiger partial charge in [0.1, 0.15) is 11.4 Å². The number of halogens is 3. The van der Waals surface area contributed by atoms with Crippen LogP contribution >= 0.6 is 0 Å². The van der Waals surface area contributed by atoms with E-state index in [0.717, 1.165) is 0 Å². The molecule has 1 atom stereocenters. The maximum absolute atomic E-state index is 13.9. The van der Waals surface area contributed by atoms with Crippen molar-refractivity contribution in [2.75, 3.05) is 23.9 Å². The molecule has 1 aromatic rings. The van der Waals surface area contributed by atoms with Crippen LogP contribution in [-0.2, 0) is 0 Å². The van der Waals surface area contributed by atoms with Crippen LogP contribution in [0.25, 0.3) is 0 Å². The predicted molar refractivity (Wildman–Crippen MR) is 57.3 cm³/mol. The third kappa shape index (κ3) is 1.14. The molecule has 0 aromatic heterocycles. The fourth-order valence-corrected chi connectivity index (χ4v) is 2.03. The summed E-state index contributed by atoms with van der Waals surface area (Å²) in [6.07, 6.45) is -0.194. The third-order valence-electron chi connectivity index (χ3n) is 3.32. The van der Waals surface area contributed by atoms with Crippen molar-refractivity contribution in [3.05, 3.63) is 23.0 Å². The van der Waals surface area contributed by atoms with E-state index in [9.17, 15) is 13.2 Å². The highest BCUT2D eigenvalue weighted by Gasteiger charge is 2.36. The maximum Gasteiger partial charge on any atom is 0.184 e.